The van der Waals surface area contributed by atoms with E-state index in [0.29, 0.717) is 11.0 Å². The Morgan fingerprint density at radius 3 is 2.32 bits per heavy atom. The van der Waals surface area contributed by atoms with Crippen LogP contribution in [0.5, 0.6) is 0 Å². The van der Waals surface area contributed by atoms with Crippen LogP contribution in [0.25, 0.3) is 0 Å². The number of amides is 3. The summed E-state index contributed by atoms with van der Waals surface area (Å²) in [6, 6.07) is 0. The first-order valence-corrected chi connectivity index (χ1v) is 9.85. The summed E-state index contributed by atoms with van der Waals surface area (Å²) >= 11 is 1.36. The smallest absolute Gasteiger partial charge is 0.246 e. The highest BCUT2D eigenvalue weighted by Crippen LogP contribution is 2.38. The summed E-state index contributed by atoms with van der Waals surface area (Å²) in [5.74, 6) is -0.894. The molecule has 2 aliphatic rings. The van der Waals surface area contributed by atoms with E-state index in [1.807, 2.05) is 0 Å². The second-order valence-electron chi connectivity index (χ2n) is 6.77. The SMILES string of the molecule is CCC(CC)c1nnc(NC(=O)CN2C(=O)C3CCCCC3C2=O)s1. The first-order valence-electron chi connectivity index (χ1n) is 9.03. The molecule has 1 aromatic heterocycles. The zero-order valence-corrected chi connectivity index (χ0v) is 15.5. The van der Waals surface area contributed by atoms with Gasteiger partial charge in [-0.15, -0.1) is 10.2 Å². The molecule has 0 bridgehead atoms. The lowest BCUT2D eigenvalue weighted by atomic mass is 9.81. The molecule has 0 spiro atoms. The molecule has 1 N–H and O–H groups in total. The minimum Gasteiger partial charge on any atom is -0.299 e. The van der Waals surface area contributed by atoms with Crippen molar-refractivity contribution in [3.63, 3.8) is 0 Å². The lowest BCUT2D eigenvalue weighted by molar-refractivity contribution is -0.142. The molecule has 0 radical (unpaired) electrons. The normalized spacial score (nSPS) is 23.2. The van der Waals surface area contributed by atoms with Crippen LogP contribution in [0.4, 0.5) is 5.13 Å². The van der Waals surface area contributed by atoms with Gasteiger partial charge in [-0.2, -0.15) is 0 Å². The van der Waals surface area contributed by atoms with Gasteiger partial charge in [0.05, 0.1) is 11.8 Å². The molecular formula is C17H24N4O3S. The molecule has 0 aromatic carbocycles. The van der Waals surface area contributed by atoms with E-state index >= 15 is 0 Å². The van der Waals surface area contributed by atoms with Crippen LogP contribution in [-0.4, -0.2) is 39.4 Å². The lowest BCUT2D eigenvalue weighted by Gasteiger charge is -2.19. The van der Waals surface area contributed by atoms with E-state index in [4.69, 9.17) is 0 Å². The molecule has 2 unspecified atom stereocenters. The molecule has 7 nitrogen and oxygen atoms in total. The number of nitrogens with one attached hydrogen (secondary N) is 1. The zero-order chi connectivity index (χ0) is 18.0. The van der Waals surface area contributed by atoms with Crippen LogP contribution < -0.4 is 5.32 Å². The second-order valence-corrected chi connectivity index (χ2v) is 7.78. The van der Waals surface area contributed by atoms with Gasteiger partial charge in [0.2, 0.25) is 22.9 Å². The van der Waals surface area contributed by atoms with E-state index in [2.05, 4.69) is 29.4 Å². The van der Waals surface area contributed by atoms with Gasteiger partial charge in [-0.05, 0) is 25.7 Å². The molecule has 3 amide bonds. The molecule has 25 heavy (non-hydrogen) atoms. The molecule has 2 atom stereocenters. The Morgan fingerprint density at radius 1 is 1.16 bits per heavy atom. The van der Waals surface area contributed by atoms with Gasteiger partial charge < -0.3 is 0 Å². The molecule has 1 saturated heterocycles. The minimum absolute atomic E-state index is 0.195. The fraction of sp³-hybridized carbons (Fsp3) is 0.706. The molecule has 8 heteroatoms. The number of aromatic nitrogens is 2. The fourth-order valence-corrected chi connectivity index (χ4v) is 4.80. The van der Waals surface area contributed by atoms with Gasteiger partial charge in [0.25, 0.3) is 0 Å². The van der Waals surface area contributed by atoms with Crippen molar-refractivity contribution in [2.75, 3.05) is 11.9 Å². The van der Waals surface area contributed by atoms with Gasteiger partial charge in [0.1, 0.15) is 11.6 Å². The molecule has 2 fully saturated rings. The van der Waals surface area contributed by atoms with E-state index in [0.717, 1.165) is 48.4 Å². The number of carbonyl (C=O) groups is 3. The third kappa shape index (κ3) is 3.58. The van der Waals surface area contributed by atoms with Crippen LogP contribution in [0, 0.1) is 11.8 Å². The van der Waals surface area contributed by atoms with Crippen LogP contribution in [0.1, 0.15) is 63.3 Å². The van der Waals surface area contributed by atoms with Crippen molar-refractivity contribution in [1.29, 1.82) is 0 Å². The summed E-state index contributed by atoms with van der Waals surface area (Å²) in [4.78, 5) is 38.2. The molecule has 1 saturated carbocycles. The van der Waals surface area contributed by atoms with Crippen molar-refractivity contribution in [1.82, 2.24) is 15.1 Å². The van der Waals surface area contributed by atoms with E-state index in [1.165, 1.54) is 11.3 Å². The second kappa shape index (κ2) is 7.59. The van der Waals surface area contributed by atoms with Crippen LogP contribution in [-0.2, 0) is 14.4 Å². The van der Waals surface area contributed by atoms with Crippen LogP contribution in [0.2, 0.25) is 0 Å². The van der Waals surface area contributed by atoms with Crippen LogP contribution in [0.15, 0.2) is 0 Å². The Labute approximate surface area is 151 Å². The van der Waals surface area contributed by atoms with Crippen molar-refractivity contribution in [2.24, 2.45) is 11.8 Å². The average molecular weight is 364 g/mol. The van der Waals surface area contributed by atoms with Crippen LogP contribution >= 0.6 is 11.3 Å². The highest BCUT2D eigenvalue weighted by atomic mass is 32.1. The van der Waals surface area contributed by atoms with E-state index in [1.54, 1.807) is 0 Å². The maximum atomic E-state index is 12.4. The third-order valence-electron chi connectivity index (χ3n) is 5.26. The average Bonchev–Trinajstić information content (AvgIpc) is 3.16. The maximum absolute atomic E-state index is 12.4. The summed E-state index contributed by atoms with van der Waals surface area (Å²) in [5, 5.41) is 12.1. The topological polar surface area (TPSA) is 92.3 Å². The first-order chi connectivity index (χ1) is 12.0. The van der Waals surface area contributed by atoms with Crippen molar-refractivity contribution < 1.29 is 14.4 Å². The van der Waals surface area contributed by atoms with Gasteiger partial charge in [-0.1, -0.05) is 38.0 Å². The fourth-order valence-electron chi connectivity index (χ4n) is 3.78. The Morgan fingerprint density at radius 2 is 1.76 bits per heavy atom. The van der Waals surface area contributed by atoms with E-state index < -0.39 is 5.91 Å². The minimum atomic E-state index is -0.396. The molecule has 1 aliphatic carbocycles. The van der Waals surface area contributed by atoms with E-state index in [-0.39, 0.29) is 30.2 Å². The van der Waals surface area contributed by atoms with Gasteiger partial charge in [-0.3, -0.25) is 24.6 Å². The predicted octanol–water partition coefficient (Wildman–Crippen LogP) is 2.56. The molecule has 2 heterocycles. The number of nitrogens with zero attached hydrogens (tertiary/aromatic N) is 3. The lowest BCUT2D eigenvalue weighted by Crippen LogP contribution is -2.38. The Kier molecular flexibility index (Phi) is 5.46. The number of fused-ring (bicyclic) bond motifs is 1. The molecule has 136 valence electrons. The summed E-state index contributed by atoms with van der Waals surface area (Å²) in [7, 11) is 0. The Bertz CT molecular complexity index is 647. The molecular weight excluding hydrogens is 340 g/mol. The Hall–Kier alpha value is -1.83. The highest BCUT2D eigenvalue weighted by molar-refractivity contribution is 7.15. The number of carbonyl (C=O) groups excluding carboxylic acids is 3. The first kappa shape index (κ1) is 18.0. The summed E-state index contributed by atoms with van der Waals surface area (Å²) in [6.45, 7) is 3.96. The number of imide groups is 1. The van der Waals surface area contributed by atoms with Crippen molar-refractivity contribution >= 4 is 34.2 Å². The number of hydrogen-bond acceptors (Lipinski definition) is 6. The zero-order valence-electron chi connectivity index (χ0n) is 14.7. The number of anilines is 1. The maximum Gasteiger partial charge on any atom is 0.246 e. The molecule has 1 aliphatic heterocycles. The van der Waals surface area contributed by atoms with E-state index in [9.17, 15) is 14.4 Å². The van der Waals surface area contributed by atoms with Crippen molar-refractivity contribution in [3.05, 3.63) is 5.01 Å². The molecule has 3 rings (SSSR count). The van der Waals surface area contributed by atoms with Gasteiger partial charge in [-0.25, -0.2) is 0 Å². The van der Waals surface area contributed by atoms with Gasteiger partial charge >= 0.3 is 0 Å². The summed E-state index contributed by atoms with van der Waals surface area (Å²) < 4.78 is 0. The highest BCUT2D eigenvalue weighted by Gasteiger charge is 2.48. The number of hydrogen-bond donors (Lipinski definition) is 1. The largest absolute Gasteiger partial charge is 0.299 e. The standard InChI is InChI=1S/C17H24N4O3S/c1-3-10(4-2)14-19-20-17(25-14)18-13(22)9-21-15(23)11-7-5-6-8-12(11)16(21)24/h10-12H,3-9H2,1-2H3,(H,18,20,22). The summed E-state index contributed by atoms with van der Waals surface area (Å²) in [5.41, 5.74) is 0. The Balaban J connectivity index is 1.61. The quantitative estimate of drug-likeness (QED) is 0.783. The van der Waals surface area contributed by atoms with Gasteiger partial charge in [0, 0.05) is 5.92 Å². The van der Waals surface area contributed by atoms with Crippen molar-refractivity contribution in [2.45, 2.75) is 58.3 Å². The monoisotopic (exact) mass is 364 g/mol. The van der Waals surface area contributed by atoms with Gasteiger partial charge in [0.15, 0.2) is 0 Å². The van der Waals surface area contributed by atoms with Crippen molar-refractivity contribution in [3.8, 4) is 0 Å². The molecule has 1 aromatic rings. The van der Waals surface area contributed by atoms with Crippen LogP contribution in [0.3, 0.4) is 0 Å². The third-order valence-corrected chi connectivity index (χ3v) is 6.26. The summed E-state index contributed by atoms with van der Waals surface area (Å²) in [6.07, 6.45) is 5.40. The number of rotatable bonds is 6. The predicted molar refractivity (Wildman–Crippen MR) is 94.0 cm³/mol. The number of likely N-dealkylation sites (tertiary alicyclic amines) is 1.